The van der Waals surface area contributed by atoms with E-state index in [0.717, 1.165) is 25.2 Å². The summed E-state index contributed by atoms with van der Waals surface area (Å²) in [6, 6.07) is 7.38. The molecule has 3 heteroatoms. The molecule has 0 radical (unpaired) electrons. The fraction of sp³-hybridized carbons (Fsp3) is 0.571. The van der Waals surface area contributed by atoms with E-state index < -0.39 is 0 Å². The molecule has 0 amide bonds. The highest BCUT2D eigenvalue weighted by molar-refractivity contribution is 5.26. The van der Waals surface area contributed by atoms with Gasteiger partial charge in [-0.3, -0.25) is 0 Å². The number of hydrogen-bond acceptors (Lipinski definition) is 3. The highest BCUT2D eigenvalue weighted by atomic mass is 16.3. The summed E-state index contributed by atoms with van der Waals surface area (Å²) in [6.45, 7) is 7.32. The Morgan fingerprint density at radius 2 is 2.00 bits per heavy atom. The molecular weight excluding hydrogens is 212 g/mol. The number of phenolic OH excluding ortho intramolecular Hbond substituents is 1. The number of phenols is 1. The van der Waals surface area contributed by atoms with E-state index in [-0.39, 0.29) is 5.41 Å². The van der Waals surface area contributed by atoms with Gasteiger partial charge in [-0.2, -0.15) is 0 Å². The van der Waals surface area contributed by atoms with E-state index in [1.807, 2.05) is 12.1 Å². The molecule has 96 valence electrons. The lowest BCUT2D eigenvalue weighted by Crippen LogP contribution is -2.37. The van der Waals surface area contributed by atoms with Crippen molar-refractivity contribution < 1.29 is 5.11 Å². The van der Waals surface area contributed by atoms with Gasteiger partial charge in [0, 0.05) is 19.6 Å². The highest BCUT2D eigenvalue weighted by Crippen LogP contribution is 2.15. The zero-order valence-electron chi connectivity index (χ0n) is 11.3. The summed E-state index contributed by atoms with van der Waals surface area (Å²) in [5.41, 5.74) is 1.37. The molecule has 0 fully saturated rings. The fourth-order valence-corrected chi connectivity index (χ4v) is 2.12. The third-order valence-electron chi connectivity index (χ3n) is 2.59. The standard InChI is InChI=1S/C14H24N2O/c1-14(2,11-16(3)4)10-15-9-12-6-5-7-13(17)8-12/h5-8,15,17H,9-11H2,1-4H3. The Bertz CT molecular complexity index is 348. The summed E-state index contributed by atoms with van der Waals surface area (Å²) in [5, 5.41) is 12.8. The lowest BCUT2D eigenvalue weighted by molar-refractivity contribution is 0.232. The molecule has 0 unspecified atom stereocenters. The molecule has 0 bridgehead atoms. The Balaban J connectivity index is 2.37. The minimum Gasteiger partial charge on any atom is -0.508 e. The molecule has 0 saturated carbocycles. The minimum atomic E-state index is 0.250. The maximum atomic E-state index is 9.36. The second kappa shape index (κ2) is 6.03. The Kier molecular flexibility index (Phi) is 4.97. The van der Waals surface area contributed by atoms with Crippen LogP contribution in [0, 0.1) is 5.41 Å². The molecule has 0 aliphatic carbocycles. The van der Waals surface area contributed by atoms with E-state index in [2.05, 4.69) is 38.2 Å². The molecule has 0 spiro atoms. The Labute approximate surface area is 104 Å². The van der Waals surface area contributed by atoms with E-state index in [9.17, 15) is 5.11 Å². The van der Waals surface area contributed by atoms with E-state index >= 15 is 0 Å². The van der Waals surface area contributed by atoms with Crippen molar-refractivity contribution in [3.8, 4) is 5.75 Å². The van der Waals surface area contributed by atoms with Crippen LogP contribution in [0.1, 0.15) is 19.4 Å². The van der Waals surface area contributed by atoms with Gasteiger partial charge in [-0.25, -0.2) is 0 Å². The van der Waals surface area contributed by atoms with Crippen LogP contribution in [0.3, 0.4) is 0 Å². The summed E-state index contributed by atoms with van der Waals surface area (Å²) in [7, 11) is 4.19. The average molecular weight is 236 g/mol. The van der Waals surface area contributed by atoms with Crippen LogP contribution in [0.5, 0.6) is 5.75 Å². The van der Waals surface area contributed by atoms with Crippen LogP contribution < -0.4 is 5.32 Å². The number of hydrogen-bond donors (Lipinski definition) is 2. The summed E-state index contributed by atoms with van der Waals surface area (Å²) in [4.78, 5) is 2.20. The van der Waals surface area contributed by atoms with Gasteiger partial charge >= 0.3 is 0 Å². The summed E-state index contributed by atoms with van der Waals surface area (Å²) in [5.74, 6) is 0.330. The fourth-order valence-electron chi connectivity index (χ4n) is 2.12. The molecule has 0 atom stereocenters. The van der Waals surface area contributed by atoms with Crippen LogP contribution in [-0.4, -0.2) is 37.2 Å². The van der Waals surface area contributed by atoms with Gasteiger partial charge in [0.1, 0.15) is 5.75 Å². The number of rotatable bonds is 6. The average Bonchev–Trinajstić information content (AvgIpc) is 2.15. The van der Waals surface area contributed by atoms with E-state index in [4.69, 9.17) is 0 Å². The first-order valence-electron chi connectivity index (χ1n) is 6.02. The van der Waals surface area contributed by atoms with Crippen molar-refractivity contribution in [2.45, 2.75) is 20.4 Å². The molecular formula is C14H24N2O. The molecule has 0 aliphatic rings. The van der Waals surface area contributed by atoms with Gasteiger partial charge in [0.2, 0.25) is 0 Å². The summed E-state index contributed by atoms with van der Waals surface area (Å²) in [6.07, 6.45) is 0. The predicted octanol–water partition coefficient (Wildman–Crippen LogP) is 2.07. The van der Waals surface area contributed by atoms with Crippen molar-refractivity contribution in [1.82, 2.24) is 10.2 Å². The molecule has 3 nitrogen and oxygen atoms in total. The summed E-state index contributed by atoms with van der Waals surface area (Å²) < 4.78 is 0. The Morgan fingerprint density at radius 3 is 2.59 bits per heavy atom. The van der Waals surface area contributed by atoms with E-state index in [0.29, 0.717) is 5.75 Å². The smallest absolute Gasteiger partial charge is 0.115 e. The van der Waals surface area contributed by atoms with Gasteiger partial charge in [0.05, 0.1) is 0 Å². The molecule has 0 aliphatic heterocycles. The van der Waals surface area contributed by atoms with Crippen molar-refractivity contribution in [3.63, 3.8) is 0 Å². The first-order valence-corrected chi connectivity index (χ1v) is 6.02. The SMILES string of the molecule is CN(C)CC(C)(C)CNCc1cccc(O)c1. The van der Waals surface area contributed by atoms with Gasteiger partial charge in [-0.05, 0) is 37.2 Å². The number of aromatic hydroxyl groups is 1. The van der Waals surface area contributed by atoms with E-state index in [1.54, 1.807) is 12.1 Å². The molecule has 2 N–H and O–H groups in total. The maximum Gasteiger partial charge on any atom is 0.115 e. The van der Waals surface area contributed by atoms with Crippen LogP contribution in [0.4, 0.5) is 0 Å². The molecule has 1 rings (SSSR count). The Morgan fingerprint density at radius 1 is 1.29 bits per heavy atom. The van der Waals surface area contributed by atoms with Crippen molar-refractivity contribution >= 4 is 0 Å². The lowest BCUT2D eigenvalue weighted by Gasteiger charge is -2.28. The van der Waals surface area contributed by atoms with Gasteiger partial charge in [-0.1, -0.05) is 26.0 Å². The second-order valence-electron chi connectivity index (χ2n) is 5.68. The van der Waals surface area contributed by atoms with Crippen molar-refractivity contribution in [3.05, 3.63) is 29.8 Å². The molecule has 0 saturated heterocycles. The van der Waals surface area contributed by atoms with E-state index in [1.165, 1.54) is 0 Å². The Hall–Kier alpha value is -1.06. The van der Waals surface area contributed by atoms with Gasteiger partial charge in [0.25, 0.3) is 0 Å². The molecule has 1 aromatic carbocycles. The van der Waals surface area contributed by atoms with Crippen LogP contribution in [0.15, 0.2) is 24.3 Å². The van der Waals surface area contributed by atoms with Crippen LogP contribution >= 0.6 is 0 Å². The molecule has 1 aromatic rings. The zero-order valence-corrected chi connectivity index (χ0v) is 11.3. The number of benzene rings is 1. The third kappa shape index (κ3) is 5.71. The highest BCUT2D eigenvalue weighted by Gasteiger charge is 2.17. The third-order valence-corrected chi connectivity index (χ3v) is 2.59. The van der Waals surface area contributed by atoms with Gasteiger partial charge < -0.3 is 15.3 Å². The molecule has 0 aromatic heterocycles. The number of nitrogens with zero attached hydrogens (tertiary/aromatic N) is 1. The van der Waals surface area contributed by atoms with Crippen molar-refractivity contribution in [2.75, 3.05) is 27.2 Å². The molecule has 17 heavy (non-hydrogen) atoms. The largest absolute Gasteiger partial charge is 0.508 e. The first-order chi connectivity index (χ1) is 7.89. The van der Waals surface area contributed by atoms with Crippen molar-refractivity contribution in [1.29, 1.82) is 0 Å². The number of nitrogens with one attached hydrogen (secondary N) is 1. The predicted molar refractivity (Wildman–Crippen MR) is 72.1 cm³/mol. The van der Waals surface area contributed by atoms with Crippen LogP contribution in [-0.2, 0) is 6.54 Å². The van der Waals surface area contributed by atoms with Crippen molar-refractivity contribution in [2.24, 2.45) is 5.41 Å². The van der Waals surface area contributed by atoms with Crippen LogP contribution in [0.25, 0.3) is 0 Å². The van der Waals surface area contributed by atoms with Crippen LogP contribution in [0.2, 0.25) is 0 Å². The quantitative estimate of drug-likeness (QED) is 0.793. The maximum absolute atomic E-state index is 9.36. The monoisotopic (exact) mass is 236 g/mol. The van der Waals surface area contributed by atoms with Gasteiger partial charge in [0.15, 0.2) is 0 Å². The normalized spacial score (nSPS) is 12.1. The summed E-state index contributed by atoms with van der Waals surface area (Å²) >= 11 is 0. The molecule has 0 heterocycles. The topological polar surface area (TPSA) is 35.5 Å². The minimum absolute atomic E-state index is 0.250. The van der Waals surface area contributed by atoms with Gasteiger partial charge in [-0.15, -0.1) is 0 Å². The lowest BCUT2D eigenvalue weighted by atomic mass is 9.93. The second-order valence-corrected chi connectivity index (χ2v) is 5.68. The zero-order chi connectivity index (χ0) is 12.9. The first kappa shape index (κ1) is 14.0.